The van der Waals surface area contributed by atoms with Crippen molar-refractivity contribution in [2.24, 2.45) is 0 Å². The summed E-state index contributed by atoms with van der Waals surface area (Å²) in [7, 11) is 0. The maximum absolute atomic E-state index is 9.18. The Balaban J connectivity index is 1.85. The molecule has 0 aliphatic carbocycles. The molecule has 0 amide bonds. The summed E-state index contributed by atoms with van der Waals surface area (Å²) in [4.78, 5) is 6.56. The van der Waals surface area contributed by atoms with E-state index in [0.29, 0.717) is 22.7 Å². The summed E-state index contributed by atoms with van der Waals surface area (Å²) in [6.07, 6.45) is 2.59. The predicted octanol–water partition coefficient (Wildman–Crippen LogP) is 1.81. The van der Waals surface area contributed by atoms with Gasteiger partial charge < -0.3 is 9.84 Å². The van der Waals surface area contributed by atoms with Crippen molar-refractivity contribution in [1.29, 1.82) is 0 Å². The van der Waals surface area contributed by atoms with Gasteiger partial charge in [0.1, 0.15) is 22.7 Å². The molecule has 4 nitrogen and oxygen atoms in total. The fourth-order valence-electron chi connectivity index (χ4n) is 2.00. The van der Waals surface area contributed by atoms with Crippen LogP contribution in [0.15, 0.2) is 16.7 Å². The highest BCUT2D eigenvalue weighted by Crippen LogP contribution is 2.19. The van der Waals surface area contributed by atoms with E-state index in [4.69, 9.17) is 4.74 Å². The number of aliphatic hydroxyl groups is 1. The second-order valence-corrected chi connectivity index (χ2v) is 4.95. The third-order valence-electron chi connectivity index (χ3n) is 2.91. The van der Waals surface area contributed by atoms with E-state index in [9.17, 15) is 5.11 Å². The van der Waals surface area contributed by atoms with Crippen LogP contribution in [0.2, 0.25) is 0 Å². The topological polar surface area (TPSA) is 45.6 Å². The molecule has 2 heterocycles. The van der Waals surface area contributed by atoms with Gasteiger partial charge >= 0.3 is 0 Å². The normalized spacial score (nSPS) is 16.4. The second kappa shape index (κ2) is 6.33. The third kappa shape index (κ3) is 3.66. The Labute approximate surface area is 110 Å². The number of nitrogens with zero attached hydrogens (tertiary/aromatic N) is 2. The van der Waals surface area contributed by atoms with Gasteiger partial charge in [0.25, 0.3) is 0 Å². The quantitative estimate of drug-likeness (QED) is 0.843. The Morgan fingerprint density at radius 3 is 2.82 bits per heavy atom. The molecule has 1 aliphatic rings. The van der Waals surface area contributed by atoms with E-state index in [0.717, 1.165) is 6.54 Å². The van der Waals surface area contributed by atoms with Crippen LogP contribution in [0.25, 0.3) is 0 Å². The molecule has 0 bridgehead atoms. The van der Waals surface area contributed by atoms with E-state index >= 15 is 0 Å². The van der Waals surface area contributed by atoms with Crippen LogP contribution in [0.4, 0.5) is 0 Å². The molecule has 1 aromatic rings. The zero-order valence-electron chi connectivity index (χ0n) is 9.73. The zero-order valence-corrected chi connectivity index (χ0v) is 11.3. The number of halogens is 1. The zero-order chi connectivity index (χ0) is 12.1. The minimum atomic E-state index is -0.0987. The van der Waals surface area contributed by atoms with Crippen molar-refractivity contribution >= 4 is 15.9 Å². The molecule has 0 aromatic carbocycles. The first kappa shape index (κ1) is 12.8. The molecule has 0 spiro atoms. The summed E-state index contributed by atoms with van der Waals surface area (Å²) < 4.78 is 6.38. The predicted molar refractivity (Wildman–Crippen MR) is 69.0 cm³/mol. The van der Waals surface area contributed by atoms with E-state index in [1.807, 2.05) is 12.1 Å². The van der Waals surface area contributed by atoms with Crippen LogP contribution in [0.5, 0.6) is 5.75 Å². The first-order valence-electron chi connectivity index (χ1n) is 5.91. The lowest BCUT2D eigenvalue weighted by Crippen LogP contribution is -2.25. The Morgan fingerprint density at radius 1 is 1.35 bits per heavy atom. The van der Waals surface area contributed by atoms with Crippen molar-refractivity contribution in [3.8, 4) is 5.75 Å². The van der Waals surface area contributed by atoms with E-state index in [1.165, 1.54) is 25.9 Å². The van der Waals surface area contributed by atoms with Crippen LogP contribution in [0, 0.1) is 0 Å². The highest BCUT2D eigenvalue weighted by atomic mass is 79.9. The molecule has 1 saturated heterocycles. The fraction of sp³-hybridized carbons (Fsp3) is 0.583. The fourth-order valence-corrected chi connectivity index (χ4v) is 2.34. The third-order valence-corrected chi connectivity index (χ3v) is 3.35. The van der Waals surface area contributed by atoms with Crippen molar-refractivity contribution in [3.63, 3.8) is 0 Å². The van der Waals surface area contributed by atoms with Gasteiger partial charge in [-0.2, -0.15) is 0 Å². The van der Waals surface area contributed by atoms with Crippen molar-refractivity contribution in [3.05, 3.63) is 22.4 Å². The summed E-state index contributed by atoms with van der Waals surface area (Å²) in [6.45, 7) is 3.85. The molecular weight excluding hydrogens is 284 g/mol. The summed E-state index contributed by atoms with van der Waals surface area (Å²) in [5, 5.41) is 9.18. The van der Waals surface area contributed by atoms with Crippen LogP contribution in [-0.4, -0.2) is 41.2 Å². The molecule has 17 heavy (non-hydrogen) atoms. The summed E-state index contributed by atoms with van der Waals surface area (Å²) >= 11 is 3.27. The molecule has 5 heteroatoms. The summed E-state index contributed by atoms with van der Waals surface area (Å²) in [5.41, 5.74) is 0.584. The van der Waals surface area contributed by atoms with Gasteiger partial charge in [0.15, 0.2) is 0 Å². The number of ether oxygens (including phenoxy) is 1. The number of pyridine rings is 1. The van der Waals surface area contributed by atoms with Crippen molar-refractivity contribution in [1.82, 2.24) is 9.88 Å². The SMILES string of the molecule is OCc1nc(Br)ccc1OCCN1CCCC1. The molecule has 0 radical (unpaired) electrons. The molecule has 0 atom stereocenters. The maximum Gasteiger partial charge on any atom is 0.143 e. The Kier molecular flexibility index (Phi) is 4.76. The van der Waals surface area contributed by atoms with Gasteiger partial charge in [-0.1, -0.05) is 0 Å². The van der Waals surface area contributed by atoms with Crippen LogP contribution in [0.3, 0.4) is 0 Å². The lowest BCUT2D eigenvalue weighted by atomic mass is 10.3. The van der Waals surface area contributed by atoms with Crippen LogP contribution < -0.4 is 4.74 Å². The first-order chi connectivity index (χ1) is 8.29. The Hall–Kier alpha value is -0.650. The molecule has 2 rings (SSSR count). The molecule has 0 unspecified atom stereocenters. The Morgan fingerprint density at radius 2 is 2.12 bits per heavy atom. The highest BCUT2D eigenvalue weighted by molar-refractivity contribution is 9.10. The molecule has 1 N–H and O–H groups in total. The van der Waals surface area contributed by atoms with Crippen LogP contribution in [0.1, 0.15) is 18.5 Å². The van der Waals surface area contributed by atoms with Crippen molar-refractivity contribution in [2.45, 2.75) is 19.4 Å². The summed E-state index contributed by atoms with van der Waals surface area (Å²) in [6, 6.07) is 3.66. The smallest absolute Gasteiger partial charge is 0.143 e. The Bertz CT molecular complexity index is 368. The number of hydrogen-bond acceptors (Lipinski definition) is 4. The minimum absolute atomic E-state index is 0.0987. The molecule has 0 saturated carbocycles. The van der Waals surface area contributed by atoms with Crippen molar-refractivity contribution < 1.29 is 9.84 Å². The van der Waals surface area contributed by atoms with Gasteiger partial charge in [0.05, 0.1) is 6.61 Å². The van der Waals surface area contributed by atoms with E-state index in [1.54, 1.807) is 0 Å². The average Bonchev–Trinajstić information content (AvgIpc) is 2.84. The van der Waals surface area contributed by atoms with Crippen LogP contribution in [-0.2, 0) is 6.61 Å². The van der Waals surface area contributed by atoms with E-state index in [2.05, 4.69) is 25.8 Å². The molecule has 1 aromatic heterocycles. The number of likely N-dealkylation sites (tertiary alicyclic amines) is 1. The minimum Gasteiger partial charge on any atom is -0.490 e. The van der Waals surface area contributed by atoms with Crippen LogP contribution >= 0.6 is 15.9 Å². The monoisotopic (exact) mass is 300 g/mol. The molecular formula is C12H17BrN2O2. The van der Waals surface area contributed by atoms with Crippen molar-refractivity contribution in [2.75, 3.05) is 26.2 Å². The highest BCUT2D eigenvalue weighted by Gasteiger charge is 2.11. The van der Waals surface area contributed by atoms with Gasteiger partial charge in [-0.25, -0.2) is 4.98 Å². The molecule has 94 valence electrons. The van der Waals surface area contributed by atoms with Gasteiger partial charge in [-0.3, -0.25) is 4.90 Å². The number of hydrogen-bond donors (Lipinski definition) is 1. The van der Waals surface area contributed by atoms with Gasteiger partial charge in [0, 0.05) is 6.54 Å². The molecule has 1 fully saturated rings. The van der Waals surface area contributed by atoms with Gasteiger partial charge in [-0.15, -0.1) is 0 Å². The lowest BCUT2D eigenvalue weighted by molar-refractivity contribution is 0.224. The van der Waals surface area contributed by atoms with Gasteiger partial charge in [0.2, 0.25) is 0 Å². The second-order valence-electron chi connectivity index (χ2n) is 4.13. The maximum atomic E-state index is 9.18. The standard InChI is InChI=1S/C12H17BrN2O2/c13-12-4-3-11(10(9-16)14-12)17-8-7-15-5-1-2-6-15/h3-4,16H,1-2,5-9H2. The van der Waals surface area contributed by atoms with Gasteiger partial charge in [-0.05, 0) is 54.0 Å². The first-order valence-corrected chi connectivity index (χ1v) is 6.70. The average molecular weight is 301 g/mol. The van der Waals surface area contributed by atoms with E-state index in [-0.39, 0.29) is 6.61 Å². The largest absolute Gasteiger partial charge is 0.490 e. The molecule has 1 aliphatic heterocycles. The lowest BCUT2D eigenvalue weighted by Gasteiger charge is -2.15. The number of aliphatic hydroxyl groups excluding tert-OH is 1. The van der Waals surface area contributed by atoms with E-state index < -0.39 is 0 Å². The number of aromatic nitrogens is 1. The summed E-state index contributed by atoms with van der Waals surface area (Å²) in [5.74, 6) is 0.676. The number of rotatable bonds is 5.